The molecule has 0 fully saturated rings. The number of nitrogens with one attached hydrogen (secondary N) is 1. The molecule has 0 aromatic rings. The standard InChI is InChI=1S/C11H13NO6.2Li/c1-2-5-12-9(14)4-3-7(10(15)16)6-8(13)11(17)18;;/h1,7H,3-6H2,(H,12,14)(H,15,16)(H,17,18);;/q;2*+1/p-2. The fourth-order valence-corrected chi connectivity index (χ4v) is 1.15. The van der Waals surface area contributed by atoms with Gasteiger partial charge in [-0.05, 0) is 6.42 Å². The SMILES string of the molecule is C#CCNC(=O)CCC(CC(=O)C(=O)[O-])C(=O)[O-].[Li+].[Li+]. The summed E-state index contributed by atoms with van der Waals surface area (Å²) in [5.74, 6) is -4.56. The Morgan fingerprint density at radius 3 is 2.10 bits per heavy atom. The predicted octanol–water partition coefficient (Wildman–Crippen LogP) is -9.40. The van der Waals surface area contributed by atoms with Gasteiger partial charge in [0.05, 0.1) is 6.54 Å². The van der Waals surface area contributed by atoms with Crippen molar-refractivity contribution in [1.82, 2.24) is 5.32 Å². The predicted molar refractivity (Wildman–Crippen MR) is 54.2 cm³/mol. The summed E-state index contributed by atoms with van der Waals surface area (Å²) in [5.41, 5.74) is 0. The van der Waals surface area contributed by atoms with Gasteiger partial charge in [-0.15, -0.1) is 6.42 Å². The minimum absolute atomic E-state index is 0. The van der Waals surface area contributed by atoms with Crippen molar-refractivity contribution in [3.8, 4) is 12.3 Å². The third-order valence-corrected chi connectivity index (χ3v) is 2.10. The first-order valence-electron chi connectivity index (χ1n) is 5.03. The normalized spacial score (nSPS) is 9.95. The number of aliphatic carboxylic acids is 2. The molecule has 0 saturated heterocycles. The molecule has 0 aliphatic rings. The van der Waals surface area contributed by atoms with E-state index in [1.807, 2.05) is 0 Å². The number of carbonyl (C=O) groups is 4. The molecule has 0 radical (unpaired) electrons. The van der Waals surface area contributed by atoms with Crippen molar-refractivity contribution in [2.45, 2.75) is 19.3 Å². The second-order valence-electron chi connectivity index (χ2n) is 3.45. The van der Waals surface area contributed by atoms with E-state index in [0.717, 1.165) is 0 Å². The molecule has 0 aromatic carbocycles. The topological polar surface area (TPSA) is 126 Å². The van der Waals surface area contributed by atoms with Crippen molar-refractivity contribution < 1.29 is 67.1 Å². The number of rotatable bonds is 8. The molecule has 0 rings (SSSR count). The molecule has 1 unspecified atom stereocenters. The third-order valence-electron chi connectivity index (χ3n) is 2.10. The van der Waals surface area contributed by atoms with Gasteiger partial charge < -0.3 is 25.1 Å². The molecule has 20 heavy (non-hydrogen) atoms. The molecule has 1 N–H and O–H groups in total. The van der Waals surface area contributed by atoms with Gasteiger partial charge in [-0.3, -0.25) is 9.59 Å². The molecule has 98 valence electrons. The Labute approximate surface area is 140 Å². The number of amides is 1. The molecule has 0 spiro atoms. The molecular formula is C11H11Li2NO6. The number of ketones is 1. The molecule has 0 heterocycles. The van der Waals surface area contributed by atoms with Crippen LogP contribution >= 0.6 is 0 Å². The fourth-order valence-electron chi connectivity index (χ4n) is 1.15. The average Bonchev–Trinajstić information content (AvgIpc) is 2.30. The van der Waals surface area contributed by atoms with Crippen molar-refractivity contribution in [2.24, 2.45) is 5.92 Å². The maximum atomic E-state index is 11.1. The Kier molecular flexibility index (Phi) is 15.3. The van der Waals surface area contributed by atoms with Gasteiger partial charge in [-0.2, -0.15) is 0 Å². The summed E-state index contributed by atoms with van der Waals surface area (Å²) >= 11 is 0. The van der Waals surface area contributed by atoms with Crippen LogP contribution in [0.15, 0.2) is 0 Å². The smallest absolute Gasteiger partial charge is 0.550 e. The van der Waals surface area contributed by atoms with Crippen molar-refractivity contribution >= 4 is 23.6 Å². The van der Waals surface area contributed by atoms with E-state index in [2.05, 4.69) is 11.2 Å². The van der Waals surface area contributed by atoms with E-state index in [1.54, 1.807) is 0 Å². The Balaban J connectivity index is -0.00000144. The minimum Gasteiger partial charge on any atom is -0.550 e. The van der Waals surface area contributed by atoms with E-state index < -0.39 is 36.0 Å². The van der Waals surface area contributed by atoms with E-state index in [4.69, 9.17) is 6.42 Å². The zero-order valence-corrected chi connectivity index (χ0v) is 11.4. The Morgan fingerprint density at radius 1 is 1.15 bits per heavy atom. The molecule has 0 bridgehead atoms. The number of carboxylic acid groups (broad SMARTS) is 2. The molecular weight excluding hydrogens is 256 g/mol. The van der Waals surface area contributed by atoms with Gasteiger partial charge in [0.1, 0.15) is 5.97 Å². The number of terminal acetylenes is 1. The van der Waals surface area contributed by atoms with Crippen LogP contribution in [0.1, 0.15) is 19.3 Å². The van der Waals surface area contributed by atoms with E-state index in [0.29, 0.717) is 0 Å². The largest absolute Gasteiger partial charge is 1.00 e. The molecule has 0 aromatic heterocycles. The summed E-state index contributed by atoms with van der Waals surface area (Å²) < 4.78 is 0. The van der Waals surface area contributed by atoms with Gasteiger partial charge in [-0.1, -0.05) is 5.92 Å². The Morgan fingerprint density at radius 2 is 1.70 bits per heavy atom. The fraction of sp³-hybridized carbons (Fsp3) is 0.455. The van der Waals surface area contributed by atoms with Crippen molar-refractivity contribution in [1.29, 1.82) is 0 Å². The number of carboxylic acids is 2. The van der Waals surface area contributed by atoms with Crippen LogP contribution in [0.4, 0.5) is 0 Å². The summed E-state index contributed by atoms with van der Waals surface area (Å²) in [4.78, 5) is 42.7. The third kappa shape index (κ3) is 10.7. The van der Waals surface area contributed by atoms with Gasteiger partial charge in [0.25, 0.3) is 0 Å². The van der Waals surface area contributed by atoms with Gasteiger partial charge in [0.2, 0.25) is 5.91 Å². The monoisotopic (exact) mass is 267 g/mol. The molecule has 9 heteroatoms. The van der Waals surface area contributed by atoms with Crippen LogP contribution < -0.4 is 53.3 Å². The van der Waals surface area contributed by atoms with Crippen LogP contribution in [-0.4, -0.2) is 30.2 Å². The maximum absolute atomic E-state index is 11.1. The maximum Gasteiger partial charge on any atom is 1.00 e. The number of carbonyl (C=O) groups excluding carboxylic acids is 4. The van der Waals surface area contributed by atoms with Crippen LogP contribution in [0.25, 0.3) is 0 Å². The summed E-state index contributed by atoms with van der Waals surface area (Å²) in [5, 5.41) is 23.1. The molecule has 0 aliphatic carbocycles. The minimum atomic E-state index is -1.96. The number of hydrogen-bond donors (Lipinski definition) is 1. The van der Waals surface area contributed by atoms with Gasteiger partial charge in [0.15, 0.2) is 5.78 Å². The molecule has 7 nitrogen and oxygen atoms in total. The molecule has 0 saturated carbocycles. The van der Waals surface area contributed by atoms with E-state index >= 15 is 0 Å². The quantitative estimate of drug-likeness (QED) is 0.264. The van der Waals surface area contributed by atoms with Crippen LogP contribution in [0.3, 0.4) is 0 Å². The van der Waals surface area contributed by atoms with E-state index in [9.17, 15) is 29.4 Å². The van der Waals surface area contributed by atoms with Gasteiger partial charge in [-0.25, -0.2) is 0 Å². The Hall–Kier alpha value is -1.17. The van der Waals surface area contributed by atoms with E-state index in [-0.39, 0.29) is 57.1 Å². The summed E-state index contributed by atoms with van der Waals surface area (Å²) in [6, 6.07) is 0. The molecule has 0 aliphatic heterocycles. The summed E-state index contributed by atoms with van der Waals surface area (Å²) in [6.07, 6.45) is 3.73. The summed E-state index contributed by atoms with van der Waals surface area (Å²) in [7, 11) is 0. The van der Waals surface area contributed by atoms with Gasteiger partial charge >= 0.3 is 37.7 Å². The zero-order chi connectivity index (χ0) is 14.1. The summed E-state index contributed by atoms with van der Waals surface area (Å²) in [6.45, 7) is 0.00674. The number of Topliss-reactive ketones (excluding diaryl/α,β-unsaturated/α-hetero) is 1. The first-order valence-corrected chi connectivity index (χ1v) is 5.03. The van der Waals surface area contributed by atoms with E-state index in [1.165, 1.54) is 0 Å². The molecule has 1 atom stereocenters. The second kappa shape index (κ2) is 12.8. The first kappa shape index (κ1) is 23.9. The molecule has 1 amide bonds. The average molecular weight is 267 g/mol. The second-order valence-corrected chi connectivity index (χ2v) is 3.45. The van der Waals surface area contributed by atoms with Crippen LogP contribution in [0.5, 0.6) is 0 Å². The Bertz CT molecular complexity index is 404. The van der Waals surface area contributed by atoms with Crippen LogP contribution in [0, 0.1) is 18.3 Å². The first-order chi connectivity index (χ1) is 8.38. The zero-order valence-electron chi connectivity index (χ0n) is 11.4. The van der Waals surface area contributed by atoms with Crippen molar-refractivity contribution in [3.63, 3.8) is 0 Å². The van der Waals surface area contributed by atoms with Crippen LogP contribution in [0.2, 0.25) is 0 Å². The van der Waals surface area contributed by atoms with Crippen LogP contribution in [-0.2, 0) is 19.2 Å². The number of hydrogen-bond acceptors (Lipinski definition) is 6. The van der Waals surface area contributed by atoms with Crippen molar-refractivity contribution in [2.75, 3.05) is 6.54 Å². The van der Waals surface area contributed by atoms with Gasteiger partial charge in [0, 0.05) is 24.7 Å². The van der Waals surface area contributed by atoms with Crippen molar-refractivity contribution in [3.05, 3.63) is 0 Å².